The number of hydrogen-bond donors (Lipinski definition) is 0. The van der Waals surface area contributed by atoms with E-state index in [0.717, 1.165) is 35.4 Å². The van der Waals surface area contributed by atoms with Crippen LogP contribution in [-0.2, 0) is 16.1 Å². The first-order valence-electron chi connectivity index (χ1n) is 8.84. The van der Waals surface area contributed by atoms with Crippen LogP contribution < -0.4 is 4.74 Å². The highest BCUT2D eigenvalue weighted by Crippen LogP contribution is 2.46. The predicted octanol–water partition coefficient (Wildman–Crippen LogP) is 4.59. The molecule has 1 heterocycles. The second kappa shape index (κ2) is 7.20. The van der Waals surface area contributed by atoms with Crippen molar-refractivity contribution in [1.82, 2.24) is 9.78 Å². The smallest absolute Gasteiger partial charge is 0.327 e. The van der Waals surface area contributed by atoms with Gasteiger partial charge in [-0.2, -0.15) is 5.10 Å². The molecular formula is C20H23N3O3. The Kier molecular flexibility index (Phi) is 4.99. The van der Waals surface area contributed by atoms with Crippen LogP contribution in [0.3, 0.4) is 0 Å². The van der Waals surface area contributed by atoms with Crippen molar-refractivity contribution in [2.45, 2.75) is 53.0 Å². The van der Waals surface area contributed by atoms with E-state index >= 15 is 0 Å². The Morgan fingerprint density at radius 2 is 1.96 bits per heavy atom. The minimum Gasteiger partial charge on any atom is -0.465 e. The highest BCUT2D eigenvalue weighted by atomic mass is 16.5. The van der Waals surface area contributed by atoms with Gasteiger partial charge in [0.1, 0.15) is 18.0 Å². The molecule has 1 fully saturated rings. The van der Waals surface area contributed by atoms with Gasteiger partial charge >= 0.3 is 5.97 Å². The normalized spacial score (nSPS) is 13.3. The molecule has 0 saturated heterocycles. The summed E-state index contributed by atoms with van der Waals surface area (Å²) >= 11 is 0. The van der Waals surface area contributed by atoms with Crippen molar-refractivity contribution in [3.8, 4) is 11.5 Å². The molecule has 6 nitrogen and oxygen atoms in total. The van der Waals surface area contributed by atoms with Crippen LogP contribution in [0.25, 0.3) is 4.85 Å². The maximum Gasteiger partial charge on any atom is 0.327 e. The molecule has 0 radical (unpaired) electrons. The van der Waals surface area contributed by atoms with Crippen molar-refractivity contribution in [2.24, 2.45) is 0 Å². The zero-order valence-corrected chi connectivity index (χ0v) is 15.6. The highest BCUT2D eigenvalue weighted by Gasteiger charge is 2.32. The first-order valence-corrected chi connectivity index (χ1v) is 8.84. The second-order valence-electron chi connectivity index (χ2n) is 6.66. The molecule has 1 aromatic heterocycles. The Labute approximate surface area is 153 Å². The minimum absolute atomic E-state index is 0.0808. The molecule has 26 heavy (non-hydrogen) atoms. The minimum atomic E-state index is -0.305. The summed E-state index contributed by atoms with van der Waals surface area (Å²) in [6.45, 7) is 15.2. The molecule has 1 aliphatic carbocycles. The van der Waals surface area contributed by atoms with E-state index in [4.69, 9.17) is 16.0 Å². The van der Waals surface area contributed by atoms with Gasteiger partial charge in [-0.1, -0.05) is 0 Å². The van der Waals surface area contributed by atoms with Gasteiger partial charge in [-0.25, -0.2) is 4.85 Å². The Hall–Kier alpha value is -2.81. The van der Waals surface area contributed by atoms with E-state index in [-0.39, 0.29) is 12.5 Å². The van der Waals surface area contributed by atoms with E-state index in [9.17, 15) is 4.79 Å². The zero-order chi connectivity index (χ0) is 18.8. The van der Waals surface area contributed by atoms with Crippen LogP contribution in [0.2, 0.25) is 0 Å². The second-order valence-corrected chi connectivity index (χ2v) is 6.66. The van der Waals surface area contributed by atoms with Crippen LogP contribution >= 0.6 is 0 Å². The van der Waals surface area contributed by atoms with Crippen molar-refractivity contribution in [3.63, 3.8) is 0 Å². The summed E-state index contributed by atoms with van der Waals surface area (Å²) in [6.07, 6.45) is 2.17. The number of hydrogen-bond acceptors (Lipinski definition) is 4. The van der Waals surface area contributed by atoms with E-state index < -0.39 is 0 Å². The van der Waals surface area contributed by atoms with Crippen LogP contribution in [0.15, 0.2) is 12.1 Å². The molecule has 1 aromatic carbocycles. The lowest BCUT2D eigenvalue weighted by Gasteiger charge is -2.11. The number of aryl methyl sites for hydroxylation is 2. The summed E-state index contributed by atoms with van der Waals surface area (Å²) in [5, 5.41) is 4.61. The van der Waals surface area contributed by atoms with Crippen molar-refractivity contribution >= 4 is 11.7 Å². The Morgan fingerprint density at radius 1 is 1.31 bits per heavy atom. The van der Waals surface area contributed by atoms with Crippen LogP contribution in [0.1, 0.15) is 48.2 Å². The largest absolute Gasteiger partial charge is 0.465 e. The van der Waals surface area contributed by atoms with Crippen LogP contribution in [0.5, 0.6) is 11.5 Å². The Balaban J connectivity index is 1.93. The van der Waals surface area contributed by atoms with E-state index in [1.165, 1.54) is 0 Å². The Bertz CT molecular complexity index is 865. The molecule has 0 atom stereocenters. The lowest BCUT2D eigenvalue weighted by atomic mass is 10.1. The van der Waals surface area contributed by atoms with Gasteiger partial charge in [0.25, 0.3) is 0 Å². The molecule has 0 bridgehead atoms. The van der Waals surface area contributed by atoms with Gasteiger partial charge < -0.3 is 9.47 Å². The number of benzene rings is 1. The number of carbonyl (C=O) groups is 1. The van der Waals surface area contributed by atoms with Gasteiger partial charge in [0.2, 0.25) is 0 Å². The summed E-state index contributed by atoms with van der Waals surface area (Å²) in [7, 11) is 0. The maximum atomic E-state index is 11.8. The number of esters is 1. The summed E-state index contributed by atoms with van der Waals surface area (Å²) in [4.78, 5) is 15.4. The third-order valence-corrected chi connectivity index (χ3v) is 4.52. The lowest BCUT2D eigenvalue weighted by Crippen LogP contribution is -2.15. The molecule has 0 amide bonds. The van der Waals surface area contributed by atoms with E-state index in [1.54, 1.807) is 11.6 Å². The van der Waals surface area contributed by atoms with Gasteiger partial charge in [0, 0.05) is 5.92 Å². The fraction of sp³-hybridized carbons (Fsp3) is 0.450. The topological polar surface area (TPSA) is 57.7 Å². The van der Waals surface area contributed by atoms with Crippen LogP contribution in [-0.4, -0.2) is 22.4 Å². The fourth-order valence-electron chi connectivity index (χ4n) is 3.06. The molecule has 0 unspecified atom stereocenters. The summed E-state index contributed by atoms with van der Waals surface area (Å²) < 4.78 is 12.9. The van der Waals surface area contributed by atoms with E-state index in [1.807, 2.05) is 32.9 Å². The average molecular weight is 353 g/mol. The fourth-order valence-corrected chi connectivity index (χ4v) is 3.06. The third-order valence-electron chi connectivity index (χ3n) is 4.52. The van der Waals surface area contributed by atoms with Gasteiger partial charge in [-0.3, -0.25) is 9.48 Å². The van der Waals surface area contributed by atoms with Gasteiger partial charge in [-0.15, -0.1) is 0 Å². The molecule has 1 aliphatic rings. The quantitative estimate of drug-likeness (QED) is 0.563. The van der Waals surface area contributed by atoms with Crippen molar-refractivity contribution in [3.05, 3.63) is 46.1 Å². The molecule has 3 rings (SSSR count). The van der Waals surface area contributed by atoms with Gasteiger partial charge in [0.05, 0.1) is 18.9 Å². The number of rotatable bonds is 6. The molecule has 0 aliphatic heterocycles. The van der Waals surface area contributed by atoms with Crippen molar-refractivity contribution < 1.29 is 14.3 Å². The molecule has 6 heteroatoms. The van der Waals surface area contributed by atoms with Gasteiger partial charge in [-0.05, 0) is 63.8 Å². The summed E-state index contributed by atoms with van der Waals surface area (Å²) in [5.41, 5.74) is 4.15. The molecule has 136 valence electrons. The average Bonchev–Trinajstić information content (AvgIpc) is 3.37. The Morgan fingerprint density at radius 3 is 2.50 bits per heavy atom. The highest BCUT2D eigenvalue weighted by molar-refractivity contribution is 5.69. The first-order chi connectivity index (χ1) is 12.4. The SMILES string of the molecule is [C-]#[N+]c1c(C)cc(Oc2c(C3CC3)nn(CC(=O)OCC)c2C)cc1C. The number of aromatic nitrogens is 2. The zero-order valence-electron chi connectivity index (χ0n) is 15.6. The monoisotopic (exact) mass is 353 g/mol. The van der Waals surface area contributed by atoms with Gasteiger partial charge in [0.15, 0.2) is 11.4 Å². The third kappa shape index (κ3) is 3.57. The maximum absolute atomic E-state index is 11.8. The molecule has 0 N–H and O–H groups in total. The molecule has 0 spiro atoms. The van der Waals surface area contributed by atoms with Crippen molar-refractivity contribution in [2.75, 3.05) is 6.61 Å². The molecule has 1 saturated carbocycles. The molecular weight excluding hydrogens is 330 g/mol. The molecule has 2 aromatic rings. The number of ether oxygens (including phenoxy) is 2. The standard InChI is InChI=1S/C20H23N3O3/c1-6-25-17(24)11-23-14(4)20(19(22-23)15-7-8-15)26-16-9-12(2)18(21-5)13(3)10-16/h9-10,15H,6-8,11H2,1-4H3. The predicted molar refractivity (Wildman–Crippen MR) is 97.8 cm³/mol. The van der Waals surface area contributed by atoms with E-state index in [0.29, 0.717) is 29.7 Å². The summed E-state index contributed by atoms with van der Waals surface area (Å²) in [6, 6.07) is 3.75. The number of nitrogens with zero attached hydrogens (tertiary/aromatic N) is 3. The lowest BCUT2D eigenvalue weighted by molar-refractivity contribution is -0.144. The van der Waals surface area contributed by atoms with Crippen molar-refractivity contribution in [1.29, 1.82) is 0 Å². The van der Waals surface area contributed by atoms with Crippen LogP contribution in [0, 0.1) is 27.3 Å². The first kappa shape index (κ1) is 18.0. The number of carbonyl (C=O) groups excluding carboxylic acids is 1. The summed E-state index contributed by atoms with van der Waals surface area (Å²) in [5.74, 6) is 1.48. The van der Waals surface area contributed by atoms with Crippen LogP contribution in [0.4, 0.5) is 5.69 Å². The van der Waals surface area contributed by atoms with E-state index in [2.05, 4.69) is 9.94 Å².